The second kappa shape index (κ2) is 2.55. The SMILES string of the molecule is CC1=NC(c2ccccc2F)=C1. The number of allylic oxidation sites excluding steroid dienone is 1. The molecule has 0 atom stereocenters. The van der Waals surface area contributed by atoms with Gasteiger partial charge in [0.1, 0.15) is 5.82 Å². The molecule has 0 N–H and O–H groups in total. The molecule has 0 amide bonds. The summed E-state index contributed by atoms with van der Waals surface area (Å²) in [5.74, 6) is -0.208. The van der Waals surface area contributed by atoms with Crippen LogP contribution < -0.4 is 0 Å². The van der Waals surface area contributed by atoms with E-state index in [4.69, 9.17) is 0 Å². The van der Waals surface area contributed by atoms with Crippen LogP contribution in [0.1, 0.15) is 12.5 Å². The Labute approximate surface area is 70.3 Å². The van der Waals surface area contributed by atoms with E-state index in [1.54, 1.807) is 12.1 Å². The minimum absolute atomic E-state index is 0.208. The van der Waals surface area contributed by atoms with E-state index in [1.807, 2.05) is 19.1 Å². The van der Waals surface area contributed by atoms with Gasteiger partial charge < -0.3 is 0 Å². The fraction of sp³-hybridized carbons (Fsp3) is 0.100. The average molecular weight is 161 g/mol. The number of rotatable bonds is 1. The summed E-state index contributed by atoms with van der Waals surface area (Å²) in [7, 11) is 0. The Kier molecular flexibility index (Phi) is 1.54. The van der Waals surface area contributed by atoms with Crippen LogP contribution in [-0.2, 0) is 0 Å². The number of hydrogen-bond donors (Lipinski definition) is 0. The molecule has 0 fully saturated rings. The van der Waals surface area contributed by atoms with Gasteiger partial charge in [0.25, 0.3) is 0 Å². The fourth-order valence-corrected chi connectivity index (χ4v) is 1.19. The van der Waals surface area contributed by atoms with Crippen molar-refractivity contribution in [3.63, 3.8) is 0 Å². The molecule has 0 spiro atoms. The van der Waals surface area contributed by atoms with E-state index in [1.165, 1.54) is 6.07 Å². The molecule has 0 saturated carbocycles. The summed E-state index contributed by atoms with van der Waals surface area (Å²) in [6.45, 7) is 1.89. The molecule has 0 radical (unpaired) electrons. The van der Waals surface area contributed by atoms with Gasteiger partial charge in [0.05, 0.1) is 5.70 Å². The summed E-state index contributed by atoms with van der Waals surface area (Å²) in [4.78, 5) is 4.09. The molecular formula is C10H8FN. The maximum atomic E-state index is 13.1. The van der Waals surface area contributed by atoms with Crippen LogP contribution in [0, 0.1) is 5.82 Å². The lowest BCUT2D eigenvalue weighted by molar-refractivity contribution is 0.623. The molecule has 12 heavy (non-hydrogen) atoms. The number of aliphatic imine (C=N–C) groups is 1. The number of halogens is 1. The van der Waals surface area contributed by atoms with Gasteiger partial charge >= 0.3 is 0 Å². The Morgan fingerprint density at radius 1 is 1.25 bits per heavy atom. The van der Waals surface area contributed by atoms with Crippen molar-refractivity contribution in [1.29, 1.82) is 0 Å². The third-order valence-corrected chi connectivity index (χ3v) is 1.79. The highest BCUT2D eigenvalue weighted by Gasteiger charge is 2.11. The Morgan fingerprint density at radius 3 is 2.50 bits per heavy atom. The van der Waals surface area contributed by atoms with Crippen LogP contribution in [0.2, 0.25) is 0 Å². The van der Waals surface area contributed by atoms with Gasteiger partial charge in [-0.15, -0.1) is 0 Å². The van der Waals surface area contributed by atoms with Crippen molar-refractivity contribution in [2.75, 3.05) is 0 Å². The first-order chi connectivity index (χ1) is 5.77. The van der Waals surface area contributed by atoms with Crippen LogP contribution in [0.15, 0.2) is 35.3 Å². The van der Waals surface area contributed by atoms with E-state index in [-0.39, 0.29) is 5.82 Å². The Balaban J connectivity index is 2.37. The highest BCUT2D eigenvalue weighted by atomic mass is 19.1. The third-order valence-electron chi connectivity index (χ3n) is 1.79. The quantitative estimate of drug-likeness (QED) is 0.600. The largest absolute Gasteiger partial charge is 0.253 e. The van der Waals surface area contributed by atoms with Crippen molar-refractivity contribution in [2.24, 2.45) is 4.99 Å². The summed E-state index contributed by atoms with van der Waals surface area (Å²) in [6, 6.07) is 6.66. The second-order valence-corrected chi connectivity index (χ2v) is 2.76. The van der Waals surface area contributed by atoms with Crippen LogP contribution in [0.5, 0.6) is 0 Å². The fourth-order valence-electron chi connectivity index (χ4n) is 1.19. The van der Waals surface area contributed by atoms with Crippen molar-refractivity contribution in [2.45, 2.75) is 6.92 Å². The van der Waals surface area contributed by atoms with Crippen molar-refractivity contribution >= 4 is 11.4 Å². The molecule has 1 aromatic carbocycles. The van der Waals surface area contributed by atoms with Crippen molar-refractivity contribution in [1.82, 2.24) is 0 Å². The molecule has 0 aromatic heterocycles. The average Bonchev–Trinajstić information content (AvgIpc) is 2.01. The predicted octanol–water partition coefficient (Wildman–Crippen LogP) is 2.64. The monoisotopic (exact) mass is 161 g/mol. The van der Waals surface area contributed by atoms with Crippen LogP contribution in [0.4, 0.5) is 4.39 Å². The van der Waals surface area contributed by atoms with Gasteiger partial charge in [0.15, 0.2) is 0 Å². The maximum Gasteiger partial charge on any atom is 0.132 e. The zero-order valence-corrected chi connectivity index (χ0v) is 6.71. The number of hydrogen-bond acceptors (Lipinski definition) is 1. The van der Waals surface area contributed by atoms with Crippen molar-refractivity contribution in [3.8, 4) is 0 Å². The summed E-state index contributed by atoms with van der Waals surface area (Å²) in [6.07, 6.45) is 1.87. The summed E-state index contributed by atoms with van der Waals surface area (Å²) in [5, 5.41) is 0. The summed E-state index contributed by atoms with van der Waals surface area (Å²) < 4.78 is 13.1. The number of benzene rings is 1. The Hall–Kier alpha value is -1.44. The van der Waals surface area contributed by atoms with E-state index >= 15 is 0 Å². The Bertz CT molecular complexity index is 377. The third kappa shape index (κ3) is 1.05. The molecule has 1 aliphatic rings. The first-order valence-corrected chi connectivity index (χ1v) is 3.79. The smallest absolute Gasteiger partial charge is 0.132 e. The maximum absolute atomic E-state index is 13.1. The normalized spacial score (nSPS) is 14.8. The number of nitrogens with zero attached hydrogens (tertiary/aromatic N) is 1. The van der Waals surface area contributed by atoms with Crippen LogP contribution >= 0.6 is 0 Å². The summed E-state index contributed by atoms with van der Waals surface area (Å²) in [5.41, 5.74) is 2.28. The first-order valence-electron chi connectivity index (χ1n) is 3.79. The lowest BCUT2D eigenvalue weighted by atomic mass is 10.1. The lowest BCUT2D eigenvalue weighted by Gasteiger charge is -2.11. The summed E-state index contributed by atoms with van der Waals surface area (Å²) >= 11 is 0. The van der Waals surface area contributed by atoms with Crippen LogP contribution in [0.25, 0.3) is 5.70 Å². The van der Waals surface area contributed by atoms with Gasteiger partial charge in [-0.1, -0.05) is 12.1 Å². The minimum Gasteiger partial charge on any atom is -0.253 e. The van der Waals surface area contributed by atoms with Gasteiger partial charge in [-0.2, -0.15) is 0 Å². The van der Waals surface area contributed by atoms with Gasteiger partial charge in [0, 0.05) is 11.3 Å². The van der Waals surface area contributed by atoms with E-state index in [9.17, 15) is 4.39 Å². The predicted molar refractivity (Wildman–Crippen MR) is 47.5 cm³/mol. The molecule has 0 bridgehead atoms. The molecule has 2 rings (SSSR count). The highest BCUT2D eigenvalue weighted by molar-refractivity contribution is 6.09. The molecule has 0 unspecified atom stereocenters. The molecule has 1 nitrogen and oxygen atoms in total. The Morgan fingerprint density at radius 2 is 1.92 bits per heavy atom. The lowest BCUT2D eigenvalue weighted by Crippen LogP contribution is -2.00. The van der Waals surface area contributed by atoms with Gasteiger partial charge in [-0.25, -0.2) is 4.39 Å². The first kappa shape index (κ1) is 7.22. The van der Waals surface area contributed by atoms with E-state index in [2.05, 4.69) is 4.99 Å². The molecule has 60 valence electrons. The van der Waals surface area contributed by atoms with E-state index < -0.39 is 0 Å². The van der Waals surface area contributed by atoms with Crippen LogP contribution in [-0.4, -0.2) is 5.71 Å². The van der Waals surface area contributed by atoms with E-state index in [0.29, 0.717) is 5.56 Å². The molecule has 1 heterocycles. The van der Waals surface area contributed by atoms with Crippen molar-refractivity contribution in [3.05, 3.63) is 41.7 Å². The molecule has 0 saturated heterocycles. The van der Waals surface area contributed by atoms with Crippen molar-refractivity contribution < 1.29 is 4.39 Å². The molecular weight excluding hydrogens is 153 g/mol. The van der Waals surface area contributed by atoms with Crippen LogP contribution in [0.3, 0.4) is 0 Å². The standard InChI is InChI=1S/C10H8FN/c1-7-6-10(12-7)8-4-2-3-5-9(8)11/h2-6H,1H3. The molecule has 1 aromatic rings. The van der Waals surface area contributed by atoms with E-state index in [0.717, 1.165) is 11.4 Å². The van der Waals surface area contributed by atoms with Gasteiger partial charge in [-0.05, 0) is 25.1 Å². The second-order valence-electron chi connectivity index (χ2n) is 2.76. The molecule has 0 aliphatic carbocycles. The zero-order valence-electron chi connectivity index (χ0n) is 6.71. The van der Waals surface area contributed by atoms with Gasteiger partial charge in [0.2, 0.25) is 0 Å². The zero-order chi connectivity index (χ0) is 8.55. The molecule has 2 heteroatoms. The molecule has 1 aliphatic heterocycles. The topological polar surface area (TPSA) is 12.4 Å². The highest BCUT2D eigenvalue weighted by Crippen LogP contribution is 2.24. The minimum atomic E-state index is -0.208. The van der Waals surface area contributed by atoms with Gasteiger partial charge in [-0.3, -0.25) is 4.99 Å².